The molecule has 0 saturated carbocycles. The number of fused-ring (bicyclic) bond motifs is 1. The lowest BCUT2D eigenvalue weighted by atomic mass is 9.86. The Balaban J connectivity index is 2.22. The van der Waals surface area contributed by atoms with Gasteiger partial charge in [0.1, 0.15) is 5.58 Å². The highest BCUT2D eigenvalue weighted by Gasteiger charge is 2.30. The van der Waals surface area contributed by atoms with Crippen molar-refractivity contribution in [2.45, 2.75) is 5.60 Å². The summed E-state index contributed by atoms with van der Waals surface area (Å²) in [5, 5.41) is 30.2. The number of hydrogen-bond acceptors (Lipinski definition) is 4. The average molecular weight is 280 g/mol. The van der Waals surface area contributed by atoms with Gasteiger partial charge >= 0.3 is 5.95 Å². The summed E-state index contributed by atoms with van der Waals surface area (Å²) in [6.45, 7) is 0. The van der Waals surface area contributed by atoms with Gasteiger partial charge < -0.3 is 19.7 Å². The van der Waals surface area contributed by atoms with E-state index in [2.05, 4.69) is 5.92 Å². The van der Waals surface area contributed by atoms with Crippen LogP contribution in [0.1, 0.15) is 11.1 Å². The molecule has 4 heteroatoms. The van der Waals surface area contributed by atoms with Gasteiger partial charge in [0.2, 0.25) is 5.75 Å². The Kier molecular flexibility index (Phi) is 2.86. The van der Waals surface area contributed by atoms with Crippen molar-refractivity contribution >= 4 is 11.0 Å². The average Bonchev–Trinajstić information content (AvgIpc) is 2.82. The Morgan fingerprint density at radius 3 is 2.38 bits per heavy atom. The van der Waals surface area contributed by atoms with E-state index in [1.165, 1.54) is 12.1 Å². The predicted octanol–water partition coefficient (Wildman–Crippen LogP) is 2.71. The Labute approximate surface area is 120 Å². The molecule has 1 heterocycles. The standard InChI is InChI=1S/C17H12O4/c1-2-17(20,11-6-4-3-5-7-11)12-8-9-14-13(10-12)15(18)16(19)21-14/h1,3-10,18-20H. The normalized spacial score (nSPS) is 13.7. The Hall–Kier alpha value is -2.90. The van der Waals surface area contributed by atoms with Crippen LogP contribution in [-0.4, -0.2) is 15.3 Å². The van der Waals surface area contributed by atoms with Crippen LogP contribution in [0.4, 0.5) is 0 Å². The second-order valence-corrected chi connectivity index (χ2v) is 4.69. The molecular formula is C17H12O4. The predicted molar refractivity (Wildman–Crippen MR) is 77.8 cm³/mol. The van der Waals surface area contributed by atoms with Gasteiger partial charge in [-0.2, -0.15) is 0 Å². The fraction of sp³-hybridized carbons (Fsp3) is 0.0588. The molecule has 1 atom stereocenters. The fourth-order valence-electron chi connectivity index (χ4n) is 2.31. The molecule has 0 spiro atoms. The van der Waals surface area contributed by atoms with Crippen LogP contribution in [0.3, 0.4) is 0 Å². The number of terminal acetylenes is 1. The third-order valence-electron chi connectivity index (χ3n) is 3.46. The fourth-order valence-corrected chi connectivity index (χ4v) is 2.31. The van der Waals surface area contributed by atoms with E-state index in [4.69, 9.17) is 10.8 Å². The summed E-state index contributed by atoms with van der Waals surface area (Å²) >= 11 is 0. The lowest BCUT2D eigenvalue weighted by molar-refractivity contribution is 0.145. The lowest BCUT2D eigenvalue weighted by Gasteiger charge is -2.23. The van der Waals surface area contributed by atoms with Crippen molar-refractivity contribution in [1.29, 1.82) is 0 Å². The smallest absolute Gasteiger partial charge is 0.327 e. The van der Waals surface area contributed by atoms with E-state index < -0.39 is 11.5 Å². The van der Waals surface area contributed by atoms with Gasteiger partial charge in [0.05, 0.1) is 5.39 Å². The molecule has 0 bridgehead atoms. The third-order valence-corrected chi connectivity index (χ3v) is 3.46. The highest BCUT2D eigenvalue weighted by atomic mass is 16.5. The van der Waals surface area contributed by atoms with E-state index in [0.29, 0.717) is 16.7 Å². The molecular weight excluding hydrogens is 268 g/mol. The van der Waals surface area contributed by atoms with Gasteiger partial charge in [-0.15, -0.1) is 6.42 Å². The molecule has 0 fully saturated rings. The van der Waals surface area contributed by atoms with Gasteiger partial charge in [-0.1, -0.05) is 42.3 Å². The zero-order valence-electron chi connectivity index (χ0n) is 10.9. The van der Waals surface area contributed by atoms with Gasteiger partial charge in [0.15, 0.2) is 5.60 Å². The summed E-state index contributed by atoms with van der Waals surface area (Å²) in [6, 6.07) is 13.4. The van der Waals surface area contributed by atoms with E-state index in [1.807, 2.05) is 6.07 Å². The minimum atomic E-state index is -1.63. The quantitative estimate of drug-likeness (QED) is 0.631. The van der Waals surface area contributed by atoms with Crippen molar-refractivity contribution in [2.24, 2.45) is 0 Å². The Morgan fingerprint density at radius 2 is 1.71 bits per heavy atom. The van der Waals surface area contributed by atoms with Gasteiger partial charge in [-0.3, -0.25) is 0 Å². The van der Waals surface area contributed by atoms with Crippen molar-refractivity contribution in [2.75, 3.05) is 0 Å². The van der Waals surface area contributed by atoms with Crippen LogP contribution in [0.5, 0.6) is 11.7 Å². The molecule has 0 aliphatic carbocycles. The maximum Gasteiger partial charge on any atom is 0.327 e. The van der Waals surface area contributed by atoms with Crippen molar-refractivity contribution in [3.63, 3.8) is 0 Å². The van der Waals surface area contributed by atoms with Crippen molar-refractivity contribution in [3.8, 4) is 24.0 Å². The highest BCUT2D eigenvalue weighted by Crippen LogP contribution is 2.39. The molecule has 21 heavy (non-hydrogen) atoms. The van der Waals surface area contributed by atoms with Crippen LogP contribution in [-0.2, 0) is 5.60 Å². The summed E-state index contributed by atoms with van der Waals surface area (Å²) in [6.07, 6.45) is 5.52. The van der Waals surface area contributed by atoms with E-state index in [-0.39, 0.29) is 11.1 Å². The molecule has 3 rings (SSSR count). The minimum absolute atomic E-state index is 0.287. The monoisotopic (exact) mass is 280 g/mol. The van der Waals surface area contributed by atoms with Crippen LogP contribution in [0.25, 0.3) is 11.0 Å². The number of aliphatic hydroxyl groups is 1. The second kappa shape index (κ2) is 4.58. The van der Waals surface area contributed by atoms with Crippen LogP contribution >= 0.6 is 0 Å². The molecule has 3 aromatic rings. The summed E-state index contributed by atoms with van der Waals surface area (Å²) in [4.78, 5) is 0. The summed E-state index contributed by atoms with van der Waals surface area (Å²) in [5.74, 6) is 1.44. The van der Waals surface area contributed by atoms with Crippen LogP contribution in [0, 0.1) is 12.3 Å². The number of furan rings is 1. The minimum Gasteiger partial charge on any atom is -0.501 e. The molecule has 1 aromatic heterocycles. The number of aromatic hydroxyl groups is 2. The molecule has 104 valence electrons. The van der Waals surface area contributed by atoms with Crippen LogP contribution in [0.15, 0.2) is 52.9 Å². The third kappa shape index (κ3) is 1.92. The first-order valence-corrected chi connectivity index (χ1v) is 6.27. The van der Waals surface area contributed by atoms with Gasteiger partial charge in [-0.25, -0.2) is 0 Å². The topological polar surface area (TPSA) is 73.8 Å². The maximum atomic E-state index is 10.8. The molecule has 2 aromatic carbocycles. The van der Waals surface area contributed by atoms with E-state index in [1.54, 1.807) is 30.3 Å². The SMILES string of the molecule is C#CC(O)(c1ccccc1)c1ccc2oc(O)c(O)c2c1. The Bertz CT molecular complexity index is 842. The summed E-state index contributed by atoms with van der Waals surface area (Å²) < 4.78 is 4.98. The number of hydrogen-bond donors (Lipinski definition) is 3. The molecule has 0 amide bonds. The van der Waals surface area contributed by atoms with Gasteiger partial charge in [0.25, 0.3) is 0 Å². The second-order valence-electron chi connectivity index (χ2n) is 4.69. The molecule has 0 saturated heterocycles. The Morgan fingerprint density at radius 1 is 1.00 bits per heavy atom. The first-order valence-electron chi connectivity index (χ1n) is 6.27. The molecule has 4 nitrogen and oxygen atoms in total. The first-order chi connectivity index (χ1) is 10.1. The van der Waals surface area contributed by atoms with Crippen molar-refractivity contribution in [3.05, 3.63) is 59.7 Å². The molecule has 0 radical (unpaired) electrons. The first kappa shape index (κ1) is 13.1. The number of rotatable bonds is 2. The van der Waals surface area contributed by atoms with E-state index >= 15 is 0 Å². The van der Waals surface area contributed by atoms with E-state index in [0.717, 1.165) is 0 Å². The van der Waals surface area contributed by atoms with Crippen LogP contribution < -0.4 is 0 Å². The van der Waals surface area contributed by atoms with E-state index in [9.17, 15) is 15.3 Å². The summed E-state index contributed by atoms with van der Waals surface area (Å²) in [5.41, 5.74) is -0.380. The van der Waals surface area contributed by atoms with Crippen molar-refractivity contribution in [1.82, 2.24) is 0 Å². The zero-order chi connectivity index (χ0) is 15.0. The molecule has 0 aliphatic heterocycles. The largest absolute Gasteiger partial charge is 0.501 e. The maximum absolute atomic E-state index is 10.8. The van der Waals surface area contributed by atoms with Gasteiger partial charge in [0, 0.05) is 11.1 Å². The van der Waals surface area contributed by atoms with Gasteiger partial charge in [-0.05, 0) is 12.1 Å². The van der Waals surface area contributed by atoms with Crippen LogP contribution in [0.2, 0.25) is 0 Å². The molecule has 1 unspecified atom stereocenters. The number of benzene rings is 2. The summed E-state index contributed by atoms with van der Waals surface area (Å²) in [7, 11) is 0. The van der Waals surface area contributed by atoms with Crippen molar-refractivity contribution < 1.29 is 19.7 Å². The lowest BCUT2D eigenvalue weighted by Crippen LogP contribution is -2.24. The highest BCUT2D eigenvalue weighted by molar-refractivity contribution is 5.87. The zero-order valence-corrected chi connectivity index (χ0v) is 10.9. The molecule has 0 aliphatic rings. The molecule has 3 N–H and O–H groups in total.